The minimum atomic E-state index is -4.77. The molecule has 100 valence electrons. The van der Waals surface area contributed by atoms with E-state index in [4.69, 9.17) is 11.1 Å². The minimum absolute atomic E-state index is 0.160. The van der Waals surface area contributed by atoms with Gasteiger partial charge in [-0.25, -0.2) is 8.78 Å². The Bertz CT molecular complexity index is 444. The molecule has 0 bridgehead atoms. The van der Waals surface area contributed by atoms with Crippen LogP contribution in [0.25, 0.3) is 0 Å². The molecule has 0 aliphatic carbocycles. The molecule has 1 aromatic carbocycles. The average molecular weight is 268 g/mol. The van der Waals surface area contributed by atoms with Gasteiger partial charge in [0.15, 0.2) is 0 Å². The zero-order valence-corrected chi connectivity index (χ0v) is 8.89. The Morgan fingerprint density at radius 2 is 1.94 bits per heavy atom. The molecule has 0 aromatic heterocycles. The molecule has 18 heavy (non-hydrogen) atoms. The van der Waals surface area contributed by atoms with Gasteiger partial charge >= 0.3 is 6.18 Å². The van der Waals surface area contributed by atoms with Crippen molar-refractivity contribution in [2.24, 2.45) is 5.73 Å². The molecule has 0 aliphatic rings. The molecular formula is C10H9F5N2O. The van der Waals surface area contributed by atoms with Crippen LogP contribution in [0.3, 0.4) is 0 Å². The molecule has 0 atom stereocenters. The second kappa shape index (κ2) is 5.19. The Kier molecular flexibility index (Phi) is 4.10. The predicted octanol–water partition coefficient (Wildman–Crippen LogP) is 2.63. The molecule has 0 saturated carbocycles. The largest absolute Gasteiger partial charge is 0.487 e. The van der Waals surface area contributed by atoms with Gasteiger partial charge in [0.05, 0.1) is 5.56 Å². The molecule has 1 rings (SSSR count). The van der Waals surface area contributed by atoms with E-state index in [1.165, 1.54) is 0 Å². The lowest BCUT2D eigenvalue weighted by Crippen LogP contribution is -2.16. The quantitative estimate of drug-likeness (QED) is 0.501. The first-order chi connectivity index (χ1) is 8.21. The second-order valence-corrected chi connectivity index (χ2v) is 3.32. The molecule has 0 saturated heterocycles. The zero-order chi connectivity index (χ0) is 13.9. The number of ether oxygens (including phenoxy) is 1. The third-order valence-electron chi connectivity index (χ3n) is 1.96. The van der Waals surface area contributed by atoms with Crippen LogP contribution in [0.4, 0.5) is 22.0 Å². The normalized spacial score (nSPS) is 11.7. The van der Waals surface area contributed by atoms with E-state index in [1.54, 1.807) is 0 Å². The van der Waals surface area contributed by atoms with E-state index in [1.807, 2.05) is 0 Å². The van der Waals surface area contributed by atoms with Gasteiger partial charge in [0.1, 0.15) is 18.2 Å². The Morgan fingerprint density at radius 3 is 2.39 bits per heavy atom. The van der Waals surface area contributed by atoms with E-state index >= 15 is 0 Å². The summed E-state index contributed by atoms with van der Waals surface area (Å²) < 4.78 is 66.1. The zero-order valence-electron chi connectivity index (χ0n) is 8.89. The maximum absolute atomic E-state index is 12.6. The van der Waals surface area contributed by atoms with E-state index < -0.39 is 36.4 Å². The number of nitrogen functional groups attached to an aromatic ring is 1. The Morgan fingerprint density at radius 1 is 1.33 bits per heavy atom. The Hall–Kier alpha value is -1.86. The van der Waals surface area contributed by atoms with Crippen LogP contribution < -0.4 is 10.5 Å². The van der Waals surface area contributed by atoms with E-state index in [0.29, 0.717) is 6.07 Å². The minimum Gasteiger partial charge on any atom is -0.487 e. The maximum atomic E-state index is 12.6. The van der Waals surface area contributed by atoms with Crippen LogP contribution in [0.2, 0.25) is 0 Å². The number of hydrogen-bond acceptors (Lipinski definition) is 2. The molecule has 1 aromatic rings. The van der Waals surface area contributed by atoms with Crippen LogP contribution in [-0.2, 0) is 6.18 Å². The Balaban J connectivity index is 3.13. The van der Waals surface area contributed by atoms with Gasteiger partial charge in [0, 0.05) is 5.56 Å². The van der Waals surface area contributed by atoms with Crippen molar-refractivity contribution in [3.8, 4) is 5.75 Å². The van der Waals surface area contributed by atoms with Crippen LogP contribution >= 0.6 is 0 Å². The van der Waals surface area contributed by atoms with Gasteiger partial charge in [-0.2, -0.15) is 13.2 Å². The van der Waals surface area contributed by atoms with E-state index in [0.717, 1.165) is 12.1 Å². The third kappa shape index (κ3) is 3.57. The summed E-state index contributed by atoms with van der Waals surface area (Å²) in [6, 6.07) is 2.55. The average Bonchev–Trinajstić information content (AvgIpc) is 2.24. The topological polar surface area (TPSA) is 59.1 Å². The molecule has 0 amide bonds. The van der Waals surface area contributed by atoms with Crippen LogP contribution in [0.5, 0.6) is 5.75 Å². The van der Waals surface area contributed by atoms with Crippen LogP contribution in [0.15, 0.2) is 18.2 Å². The monoisotopic (exact) mass is 268 g/mol. The van der Waals surface area contributed by atoms with Gasteiger partial charge in [0.25, 0.3) is 6.43 Å². The fourth-order valence-electron chi connectivity index (χ4n) is 1.20. The smallest absolute Gasteiger partial charge is 0.419 e. The van der Waals surface area contributed by atoms with Gasteiger partial charge in [-0.1, -0.05) is 0 Å². The van der Waals surface area contributed by atoms with Crippen molar-refractivity contribution in [3.63, 3.8) is 0 Å². The standard InChI is InChI=1S/C10H9F5N2O/c11-8(12)4-18-7-2-1-5(9(16)17)3-6(7)10(13,14)15/h1-3,8H,4H2,(H3,16,17). The van der Waals surface area contributed by atoms with Crippen molar-refractivity contribution in [1.82, 2.24) is 0 Å². The van der Waals surface area contributed by atoms with Crippen molar-refractivity contribution in [1.29, 1.82) is 5.41 Å². The first-order valence-corrected chi connectivity index (χ1v) is 4.68. The maximum Gasteiger partial charge on any atom is 0.419 e. The van der Waals surface area contributed by atoms with Gasteiger partial charge < -0.3 is 10.5 Å². The van der Waals surface area contributed by atoms with Crippen molar-refractivity contribution < 1.29 is 26.7 Å². The molecule has 3 nitrogen and oxygen atoms in total. The van der Waals surface area contributed by atoms with Crippen molar-refractivity contribution in [3.05, 3.63) is 29.3 Å². The number of alkyl halides is 5. The lowest BCUT2D eigenvalue weighted by Gasteiger charge is -2.14. The van der Waals surface area contributed by atoms with Gasteiger partial charge in [-0.15, -0.1) is 0 Å². The summed E-state index contributed by atoms with van der Waals surface area (Å²) in [5.74, 6) is -1.27. The van der Waals surface area contributed by atoms with Gasteiger partial charge in [0.2, 0.25) is 0 Å². The van der Waals surface area contributed by atoms with Crippen molar-refractivity contribution in [2.75, 3.05) is 6.61 Å². The van der Waals surface area contributed by atoms with E-state index in [-0.39, 0.29) is 5.56 Å². The lowest BCUT2D eigenvalue weighted by molar-refractivity contribution is -0.139. The molecule has 0 fully saturated rings. The molecule has 3 N–H and O–H groups in total. The number of rotatable bonds is 4. The third-order valence-corrected chi connectivity index (χ3v) is 1.96. The number of benzene rings is 1. The summed E-state index contributed by atoms with van der Waals surface area (Å²) in [6.45, 7) is -1.14. The first-order valence-electron chi connectivity index (χ1n) is 4.68. The van der Waals surface area contributed by atoms with Crippen LogP contribution in [0.1, 0.15) is 11.1 Å². The van der Waals surface area contributed by atoms with E-state index in [9.17, 15) is 22.0 Å². The lowest BCUT2D eigenvalue weighted by atomic mass is 10.1. The molecule has 0 unspecified atom stereocenters. The molecular weight excluding hydrogens is 259 g/mol. The second-order valence-electron chi connectivity index (χ2n) is 3.32. The molecule has 0 spiro atoms. The number of halogens is 5. The molecule has 0 radical (unpaired) electrons. The summed E-state index contributed by atoms with van der Waals surface area (Å²) in [6.07, 6.45) is -7.65. The summed E-state index contributed by atoms with van der Waals surface area (Å²) in [7, 11) is 0. The molecule has 0 heterocycles. The number of hydrogen-bond donors (Lipinski definition) is 2. The highest BCUT2D eigenvalue weighted by molar-refractivity contribution is 5.95. The fourth-order valence-corrected chi connectivity index (χ4v) is 1.20. The summed E-state index contributed by atoms with van der Waals surface area (Å²) in [5.41, 5.74) is 3.65. The predicted molar refractivity (Wildman–Crippen MR) is 54.0 cm³/mol. The number of nitrogens with two attached hydrogens (primary N) is 1. The summed E-state index contributed by atoms with van der Waals surface area (Å²) in [5, 5.41) is 7.03. The van der Waals surface area contributed by atoms with Crippen molar-refractivity contribution >= 4 is 5.84 Å². The van der Waals surface area contributed by atoms with E-state index in [2.05, 4.69) is 4.74 Å². The molecule has 8 heteroatoms. The highest BCUT2D eigenvalue weighted by Crippen LogP contribution is 2.36. The highest BCUT2D eigenvalue weighted by Gasteiger charge is 2.35. The summed E-state index contributed by atoms with van der Waals surface area (Å²) in [4.78, 5) is 0. The summed E-state index contributed by atoms with van der Waals surface area (Å²) >= 11 is 0. The number of nitrogens with one attached hydrogen (secondary N) is 1. The molecule has 0 aliphatic heterocycles. The van der Waals surface area contributed by atoms with Gasteiger partial charge in [-0.05, 0) is 18.2 Å². The van der Waals surface area contributed by atoms with Gasteiger partial charge in [-0.3, -0.25) is 5.41 Å². The number of amidine groups is 1. The van der Waals surface area contributed by atoms with Crippen LogP contribution in [-0.4, -0.2) is 18.9 Å². The fraction of sp³-hybridized carbons (Fsp3) is 0.300. The van der Waals surface area contributed by atoms with Crippen LogP contribution in [0, 0.1) is 5.41 Å². The highest BCUT2D eigenvalue weighted by atomic mass is 19.4. The SMILES string of the molecule is N=C(N)c1ccc(OCC(F)F)c(C(F)(F)F)c1. The first kappa shape index (κ1) is 14.2. The Labute approximate surface area is 98.9 Å². The van der Waals surface area contributed by atoms with Crippen molar-refractivity contribution in [2.45, 2.75) is 12.6 Å².